The Morgan fingerprint density at radius 2 is 2.00 bits per heavy atom. The summed E-state index contributed by atoms with van der Waals surface area (Å²) in [5.41, 5.74) is -0.756. The molecule has 1 heterocycles. The number of carbonyl (C=O) groups excluding carboxylic acids is 3. The maximum atomic E-state index is 13.0. The lowest BCUT2D eigenvalue weighted by atomic mass is 10.0. The van der Waals surface area contributed by atoms with Crippen LogP contribution >= 0.6 is 0 Å². The Morgan fingerprint density at radius 3 is 2.62 bits per heavy atom. The van der Waals surface area contributed by atoms with E-state index in [2.05, 4.69) is 10.6 Å². The molecule has 3 N–H and O–H groups in total. The van der Waals surface area contributed by atoms with Crippen molar-refractivity contribution < 1.29 is 28.7 Å². The number of hydrogen-bond donors (Lipinski definition) is 3. The monoisotopic (exact) mass is 294 g/mol. The number of nitrogens with one attached hydrogen (secondary N) is 2. The van der Waals surface area contributed by atoms with E-state index in [0.29, 0.717) is 0 Å². The second kappa shape index (κ2) is 5.70. The number of aromatic carboxylic acids is 1. The van der Waals surface area contributed by atoms with Crippen LogP contribution in [0.3, 0.4) is 0 Å². The summed E-state index contributed by atoms with van der Waals surface area (Å²) >= 11 is 0. The number of benzene rings is 1. The second-order valence-electron chi connectivity index (χ2n) is 4.47. The number of amides is 3. The molecule has 0 aromatic heterocycles. The van der Waals surface area contributed by atoms with Gasteiger partial charge in [0.25, 0.3) is 5.91 Å². The normalized spacial score (nSPS) is 18.0. The van der Waals surface area contributed by atoms with Gasteiger partial charge in [0.15, 0.2) is 0 Å². The zero-order chi connectivity index (χ0) is 15.6. The number of piperidine rings is 1. The molecule has 21 heavy (non-hydrogen) atoms. The molecule has 1 unspecified atom stereocenters. The lowest BCUT2D eigenvalue weighted by molar-refractivity contribution is -0.134. The molecule has 0 radical (unpaired) electrons. The van der Waals surface area contributed by atoms with E-state index < -0.39 is 41.1 Å². The van der Waals surface area contributed by atoms with E-state index >= 15 is 0 Å². The second-order valence-corrected chi connectivity index (χ2v) is 4.47. The van der Waals surface area contributed by atoms with Crippen LogP contribution in [-0.4, -0.2) is 34.8 Å². The Hall–Kier alpha value is -2.77. The molecule has 110 valence electrons. The number of halogens is 1. The first-order chi connectivity index (χ1) is 9.88. The highest BCUT2D eigenvalue weighted by Crippen LogP contribution is 2.13. The molecule has 7 nitrogen and oxygen atoms in total. The van der Waals surface area contributed by atoms with Crippen molar-refractivity contribution in [1.29, 1.82) is 0 Å². The highest BCUT2D eigenvalue weighted by atomic mass is 19.1. The van der Waals surface area contributed by atoms with E-state index in [1.165, 1.54) is 0 Å². The predicted octanol–water partition coefficient (Wildman–Crippen LogP) is 0.0589. The zero-order valence-corrected chi connectivity index (χ0v) is 10.7. The van der Waals surface area contributed by atoms with Crippen LogP contribution in [0, 0.1) is 5.82 Å². The van der Waals surface area contributed by atoms with Crippen molar-refractivity contribution in [2.45, 2.75) is 18.9 Å². The predicted molar refractivity (Wildman–Crippen MR) is 67.0 cm³/mol. The molecule has 2 rings (SSSR count). The smallest absolute Gasteiger partial charge is 0.336 e. The van der Waals surface area contributed by atoms with Gasteiger partial charge in [-0.3, -0.25) is 19.7 Å². The van der Waals surface area contributed by atoms with Gasteiger partial charge in [0.05, 0.1) is 11.1 Å². The largest absolute Gasteiger partial charge is 0.478 e. The number of rotatable bonds is 3. The van der Waals surface area contributed by atoms with Gasteiger partial charge in [-0.2, -0.15) is 0 Å². The SMILES string of the molecule is O=C1CCC(NC(=O)c2ccc(F)cc2C(=O)O)C(=O)N1. The molecule has 1 aromatic rings. The number of carboxylic acid groups (broad SMARTS) is 1. The fourth-order valence-electron chi connectivity index (χ4n) is 1.96. The van der Waals surface area contributed by atoms with Crippen LogP contribution in [0.15, 0.2) is 18.2 Å². The first-order valence-electron chi connectivity index (χ1n) is 6.06. The van der Waals surface area contributed by atoms with Crippen molar-refractivity contribution in [3.63, 3.8) is 0 Å². The Balaban J connectivity index is 2.19. The van der Waals surface area contributed by atoms with Crippen molar-refractivity contribution >= 4 is 23.7 Å². The van der Waals surface area contributed by atoms with Crippen LogP contribution in [0.1, 0.15) is 33.6 Å². The highest BCUT2D eigenvalue weighted by molar-refractivity contribution is 6.07. The first-order valence-corrected chi connectivity index (χ1v) is 6.06. The van der Waals surface area contributed by atoms with Crippen molar-refractivity contribution in [2.24, 2.45) is 0 Å². The molecule has 8 heteroatoms. The molecule has 0 spiro atoms. The summed E-state index contributed by atoms with van der Waals surface area (Å²) in [6, 6.07) is 1.77. The Labute approximate surface area is 118 Å². The third kappa shape index (κ3) is 3.22. The topological polar surface area (TPSA) is 113 Å². The number of hydrogen-bond acceptors (Lipinski definition) is 4. The van der Waals surface area contributed by atoms with Gasteiger partial charge in [-0.25, -0.2) is 9.18 Å². The fourth-order valence-corrected chi connectivity index (χ4v) is 1.96. The Bertz CT molecular complexity index is 643. The summed E-state index contributed by atoms with van der Waals surface area (Å²) in [5.74, 6) is -4.15. The fraction of sp³-hybridized carbons (Fsp3) is 0.231. The molecule has 1 atom stereocenters. The Kier molecular flexibility index (Phi) is 3.97. The van der Waals surface area contributed by atoms with E-state index in [9.17, 15) is 23.6 Å². The zero-order valence-electron chi connectivity index (χ0n) is 10.7. The van der Waals surface area contributed by atoms with E-state index in [0.717, 1.165) is 18.2 Å². The standard InChI is InChI=1S/C13H11FN2O5/c14-6-1-2-7(8(5-6)13(20)21)11(18)15-9-3-4-10(17)16-12(9)19/h1-2,5,9H,3-4H2,(H,15,18)(H,20,21)(H,16,17,19). The molecule has 1 aliphatic rings. The maximum Gasteiger partial charge on any atom is 0.336 e. The summed E-state index contributed by atoms with van der Waals surface area (Å²) in [6.07, 6.45) is 0.200. The first kappa shape index (κ1) is 14.6. The average molecular weight is 294 g/mol. The third-order valence-electron chi connectivity index (χ3n) is 3.00. The average Bonchev–Trinajstić information content (AvgIpc) is 2.41. The minimum atomic E-state index is -1.46. The van der Waals surface area contributed by atoms with Crippen LogP contribution in [0.2, 0.25) is 0 Å². The summed E-state index contributed by atoms with van der Waals surface area (Å²) in [6.45, 7) is 0. The number of carboxylic acids is 1. The van der Waals surface area contributed by atoms with Crippen LogP contribution in [0.25, 0.3) is 0 Å². The summed E-state index contributed by atoms with van der Waals surface area (Å²) in [5, 5.41) is 13.4. The van der Waals surface area contributed by atoms with Gasteiger partial charge in [0.2, 0.25) is 11.8 Å². The Morgan fingerprint density at radius 1 is 1.29 bits per heavy atom. The van der Waals surface area contributed by atoms with Gasteiger partial charge >= 0.3 is 5.97 Å². The van der Waals surface area contributed by atoms with Crippen molar-refractivity contribution in [1.82, 2.24) is 10.6 Å². The third-order valence-corrected chi connectivity index (χ3v) is 3.00. The molecule has 0 saturated carbocycles. The van der Waals surface area contributed by atoms with Crippen LogP contribution < -0.4 is 10.6 Å². The molecule has 3 amide bonds. The van der Waals surface area contributed by atoms with Crippen molar-refractivity contribution in [2.75, 3.05) is 0 Å². The van der Waals surface area contributed by atoms with Crippen molar-refractivity contribution in [3.8, 4) is 0 Å². The van der Waals surface area contributed by atoms with Gasteiger partial charge in [0, 0.05) is 6.42 Å². The van der Waals surface area contributed by atoms with Gasteiger partial charge in [-0.1, -0.05) is 0 Å². The lowest BCUT2D eigenvalue weighted by Gasteiger charge is -2.22. The van der Waals surface area contributed by atoms with Crippen LogP contribution in [0.4, 0.5) is 4.39 Å². The van der Waals surface area contributed by atoms with E-state index in [1.54, 1.807) is 0 Å². The molecule has 0 aliphatic carbocycles. The lowest BCUT2D eigenvalue weighted by Crippen LogP contribution is -2.52. The molecule has 1 fully saturated rings. The molecule has 0 bridgehead atoms. The van der Waals surface area contributed by atoms with E-state index in [-0.39, 0.29) is 18.4 Å². The minimum absolute atomic E-state index is 0.0753. The molecular formula is C13H11FN2O5. The van der Waals surface area contributed by atoms with E-state index in [4.69, 9.17) is 5.11 Å². The van der Waals surface area contributed by atoms with Crippen LogP contribution in [-0.2, 0) is 9.59 Å². The number of imide groups is 1. The quantitative estimate of drug-likeness (QED) is 0.682. The van der Waals surface area contributed by atoms with Gasteiger partial charge < -0.3 is 10.4 Å². The maximum absolute atomic E-state index is 13.0. The van der Waals surface area contributed by atoms with Gasteiger partial charge in [-0.15, -0.1) is 0 Å². The van der Waals surface area contributed by atoms with E-state index in [1.807, 2.05) is 0 Å². The van der Waals surface area contributed by atoms with Crippen molar-refractivity contribution in [3.05, 3.63) is 35.1 Å². The molecular weight excluding hydrogens is 283 g/mol. The molecule has 1 saturated heterocycles. The molecule has 1 aromatic carbocycles. The van der Waals surface area contributed by atoms with Crippen LogP contribution in [0.5, 0.6) is 0 Å². The number of carbonyl (C=O) groups is 4. The van der Waals surface area contributed by atoms with Gasteiger partial charge in [0.1, 0.15) is 11.9 Å². The molecule has 1 aliphatic heterocycles. The minimum Gasteiger partial charge on any atom is -0.478 e. The highest BCUT2D eigenvalue weighted by Gasteiger charge is 2.29. The summed E-state index contributed by atoms with van der Waals surface area (Å²) in [7, 11) is 0. The summed E-state index contributed by atoms with van der Waals surface area (Å²) in [4.78, 5) is 45.5. The van der Waals surface area contributed by atoms with Gasteiger partial charge in [-0.05, 0) is 24.6 Å². The summed E-state index contributed by atoms with van der Waals surface area (Å²) < 4.78 is 13.0.